The van der Waals surface area contributed by atoms with E-state index in [9.17, 15) is 0 Å². The number of hydrogen-bond donors (Lipinski definition) is 1. The van der Waals surface area contributed by atoms with E-state index in [1.54, 1.807) is 0 Å². The number of rotatable bonds is 5. The predicted octanol–water partition coefficient (Wildman–Crippen LogP) is 3.40. The van der Waals surface area contributed by atoms with Gasteiger partial charge in [-0.15, -0.1) is 0 Å². The molecule has 0 aromatic heterocycles. The van der Waals surface area contributed by atoms with Crippen molar-refractivity contribution in [1.82, 2.24) is 0 Å². The van der Waals surface area contributed by atoms with Crippen LogP contribution < -0.4 is 5.73 Å². The van der Waals surface area contributed by atoms with Gasteiger partial charge in [0, 0.05) is 5.70 Å². The molecule has 0 radical (unpaired) electrons. The lowest BCUT2D eigenvalue weighted by Crippen LogP contribution is -2.00. The van der Waals surface area contributed by atoms with Crippen LogP contribution in [-0.4, -0.2) is 0 Å². The molecule has 0 fully saturated rings. The lowest BCUT2D eigenvalue weighted by Gasteiger charge is -2.05. The molecule has 74 valence electrons. The summed E-state index contributed by atoms with van der Waals surface area (Å²) in [4.78, 5) is 0. The summed E-state index contributed by atoms with van der Waals surface area (Å²) in [6, 6.07) is 0. The molecular formula is C12H21N. The summed E-state index contributed by atoms with van der Waals surface area (Å²) in [5.41, 5.74) is 7.65. The molecule has 0 saturated carbocycles. The monoisotopic (exact) mass is 179 g/mol. The van der Waals surface area contributed by atoms with Crippen molar-refractivity contribution >= 4 is 0 Å². The average molecular weight is 179 g/mol. The highest BCUT2D eigenvalue weighted by atomic mass is 14.6. The van der Waals surface area contributed by atoms with Gasteiger partial charge in [0.1, 0.15) is 0 Å². The molecule has 0 aliphatic heterocycles. The Morgan fingerprint density at radius 3 is 2.54 bits per heavy atom. The van der Waals surface area contributed by atoms with Gasteiger partial charge in [-0.1, -0.05) is 44.2 Å². The fourth-order valence-electron chi connectivity index (χ4n) is 1.19. The van der Waals surface area contributed by atoms with Gasteiger partial charge in [-0.2, -0.15) is 0 Å². The molecule has 1 heteroatoms. The standard InChI is InChI=1S/C12H21N/c1-5-12(6-2)8-7-10(3)9-11(4)13/h5,7-8,10H,4,6,9,13H2,1-3H3/b8-7-,12-5-. The first-order chi connectivity index (χ1) is 6.10. The largest absolute Gasteiger partial charge is 0.402 e. The smallest absolute Gasteiger partial charge is 0.00132 e. The van der Waals surface area contributed by atoms with E-state index in [1.165, 1.54) is 5.57 Å². The highest BCUT2D eigenvalue weighted by Crippen LogP contribution is 2.10. The number of hydrogen-bond acceptors (Lipinski definition) is 1. The van der Waals surface area contributed by atoms with Gasteiger partial charge in [0.25, 0.3) is 0 Å². The second-order valence-electron chi connectivity index (χ2n) is 3.42. The maximum absolute atomic E-state index is 5.52. The molecule has 1 atom stereocenters. The Bertz CT molecular complexity index is 211. The van der Waals surface area contributed by atoms with Crippen LogP contribution in [0.4, 0.5) is 0 Å². The van der Waals surface area contributed by atoms with Crippen LogP contribution in [0.5, 0.6) is 0 Å². The van der Waals surface area contributed by atoms with Gasteiger partial charge in [-0.25, -0.2) is 0 Å². The van der Waals surface area contributed by atoms with Crippen molar-refractivity contribution in [2.24, 2.45) is 11.7 Å². The fraction of sp³-hybridized carbons (Fsp3) is 0.500. The van der Waals surface area contributed by atoms with Gasteiger partial charge in [-0.3, -0.25) is 0 Å². The molecular weight excluding hydrogens is 158 g/mol. The molecule has 0 spiro atoms. The lowest BCUT2D eigenvalue weighted by molar-refractivity contribution is 0.712. The Balaban J connectivity index is 4.02. The molecule has 1 nitrogen and oxygen atoms in total. The van der Waals surface area contributed by atoms with Crippen LogP contribution in [-0.2, 0) is 0 Å². The van der Waals surface area contributed by atoms with E-state index in [4.69, 9.17) is 5.73 Å². The van der Waals surface area contributed by atoms with Crippen molar-refractivity contribution in [3.8, 4) is 0 Å². The average Bonchev–Trinajstić information content (AvgIpc) is 2.05. The van der Waals surface area contributed by atoms with Gasteiger partial charge in [0.05, 0.1) is 0 Å². The highest BCUT2D eigenvalue weighted by molar-refractivity contribution is 5.18. The Morgan fingerprint density at radius 1 is 1.54 bits per heavy atom. The van der Waals surface area contributed by atoms with Crippen LogP contribution in [0.2, 0.25) is 0 Å². The minimum atomic E-state index is 0.485. The Labute approximate surface area is 82.0 Å². The molecule has 0 saturated heterocycles. The molecule has 0 aliphatic carbocycles. The Morgan fingerprint density at radius 2 is 2.15 bits per heavy atom. The van der Waals surface area contributed by atoms with Crippen LogP contribution in [0.15, 0.2) is 36.1 Å². The van der Waals surface area contributed by atoms with Crippen LogP contribution in [0, 0.1) is 5.92 Å². The summed E-state index contributed by atoms with van der Waals surface area (Å²) in [7, 11) is 0. The summed E-state index contributed by atoms with van der Waals surface area (Å²) < 4.78 is 0. The molecule has 0 aromatic carbocycles. The second kappa shape index (κ2) is 6.53. The number of allylic oxidation sites excluding steroid dienone is 5. The van der Waals surface area contributed by atoms with E-state index < -0.39 is 0 Å². The first kappa shape index (κ1) is 12.0. The minimum absolute atomic E-state index is 0.485. The topological polar surface area (TPSA) is 26.0 Å². The van der Waals surface area contributed by atoms with Gasteiger partial charge in [-0.05, 0) is 25.7 Å². The van der Waals surface area contributed by atoms with E-state index in [2.05, 4.69) is 45.6 Å². The zero-order chi connectivity index (χ0) is 10.3. The molecule has 1 unspecified atom stereocenters. The summed E-state index contributed by atoms with van der Waals surface area (Å²) in [6.07, 6.45) is 8.46. The molecule has 0 rings (SSSR count). The van der Waals surface area contributed by atoms with Crippen molar-refractivity contribution < 1.29 is 0 Å². The van der Waals surface area contributed by atoms with E-state index in [-0.39, 0.29) is 0 Å². The summed E-state index contributed by atoms with van der Waals surface area (Å²) in [5, 5.41) is 0. The van der Waals surface area contributed by atoms with E-state index in [0.29, 0.717) is 5.92 Å². The third kappa shape index (κ3) is 6.21. The van der Waals surface area contributed by atoms with Crippen LogP contribution in [0.3, 0.4) is 0 Å². The molecule has 0 heterocycles. The lowest BCUT2D eigenvalue weighted by atomic mass is 10.0. The van der Waals surface area contributed by atoms with E-state index >= 15 is 0 Å². The molecule has 13 heavy (non-hydrogen) atoms. The quantitative estimate of drug-likeness (QED) is 0.643. The van der Waals surface area contributed by atoms with Crippen LogP contribution in [0.25, 0.3) is 0 Å². The fourth-order valence-corrected chi connectivity index (χ4v) is 1.19. The highest BCUT2D eigenvalue weighted by Gasteiger charge is 1.96. The van der Waals surface area contributed by atoms with Crippen LogP contribution >= 0.6 is 0 Å². The van der Waals surface area contributed by atoms with Crippen molar-refractivity contribution in [2.75, 3.05) is 0 Å². The Hall–Kier alpha value is -0.980. The molecule has 2 N–H and O–H groups in total. The zero-order valence-electron chi connectivity index (χ0n) is 9.01. The molecule has 0 bridgehead atoms. The second-order valence-corrected chi connectivity index (χ2v) is 3.42. The van der Waals surface area contributed by atoms with Gasteiger partial charge >= 0.3 is 0 Å². The Kier molecular flexibility index (Phi) is 6.03. The normalized spacial score (nSPS) is 14.8. The third-order valence-electron chi connectivity index (χ3n) is 2.00. The third-order valence-corrected chi connectivity index (χ3v) is 2.00. The number of nitrogens with two attached hydrogens (primary N) is 1. The summed E-state index contributed by atoms with van der Waals surface area (Å²) in [6.45, 7) is 10.1. The summed E-state index contributed by atoms with van der Waals surface area (Å²) >= 11 is 0. The zero-order valence-corrected chi connectivity index (χ0v) is 9.01. The maximum atomic E-state index is 5.52. The first-order valence-electron chi connectivity index (χ1n) is 4.86. The van der Waals surface area contributed by atoms with Crippen molar-refractivity contribution in [1.29, 1.82) is 0 Å². The predicted molar refractivity (Wildman–Crippen MR) is 60.3 cm³/mol. The first-order valence-corrected chi connectivity index (χ1v) is 4.86. The van der Waals surface area contributed by atoms with Gasteiger partial charge in [0.2, 0.25) is 0 Å². The van der Waals surface area contributed by atoms with Gasteiger partial charge in [0.15, 0.2) is 0 Å². The van der Waals surface area contributed by atoms with Crippen LogP contribution in [0.1, 0.15) is 33.6 Å². The van der Waals surface area contributed by atoms with E-state index in [0.717, 1.165) is 18.5 Å². The van der Waals surface area contributed by atoms with Crippen molar-refractivity contribution in [3.63, 3.8) is 0 Å². The minimum Gasteiger partial charge on any atom is -0.402 e. The molecule has 0 aliphatic rings. The van der Waals surface area contributed by atoms with E-state index in [1.807, 2.05) is 0 Å². The molecule has 0 aromatic rings. The maximum Gasteiger partial charge on any atom is 0.00132 e. The van der Waals surface area contributed by atoms with Crippen molar-refractivity contribution in [3.05, 3.63) is 36.1 Å². The summed E-state index contributed by atoms with van der Waals surface area (Å²) in [5.74, 6) is 0.485. The SMILES string of the molecule is C=C(N)CC(C)/C=C\C(=C/C)CC. The van der Waals surface area contributed by atoms with Crippen molar-refractivity contribution in [2.45, 2.75) is 33.6 Å². The van der Waals surface area contributed by atoms with Gasteiger partial charge < -0.3 is 5.73 Å². The molecule has 0 amide bonds.